The number of hydrogen-bond donors (Lipinski definition) is 0. The van der Waals surface area contributed by atoms with E-state index in [9.17, 15) is 22.0 Å². The Labute approximate surface area is 147 Å². The maximum atomic E-state index is 13.0. The molecular weight excluding hydrogens is 357 g/mol. The summed E-state index contributed by atoms with van der Waals surface area (Å²) < 4.78 is 65.3. The Bertz CT molecular complexity index is 690. The fourth-order valence-electron chi connectivity index (χ4n) is 2.39. The van der Waals surface area contributed by atoms with Gasteiger partial charge in [-0.25, -0.2) is 8.78 Å². The van der Waals surface area contributed by atoms with Gasteiger partial charge >= 0.3 is 6.18 Å². The van der Waals surface area contributed by atoms with Gasteiger partial charge in [0.15, 0.2) is 5.82 Å². The molecule has 0 fully saturated rings. The molecule has 26 heavy (non-hydrogen) atoms. The molecular formula is C16H20F5N5. The van der Waals surface area contributed by atoms with Gasteiger partial charge in [0.05, 0.1) is 11.3 Å². The molecule has 0 saturated carbocycles. The Balaban J connectivity index is 2.04. The summed E-state index contributed by atoms with van der Waals surface area (Å²) >= 11 is 0. The first-order chi connectivity index (χ1) is 12.1. The molecule has 1 aromatic carbocycles. The third-order valence-corrected chi connectivity index (χ3v) is 3.94. The Hall–Kier alpha value is -2.10. The van der Waals surface area contributed by atoms with E-state index in [1.807, 2.05) is 11.8 Å². The summed E-state index contributed by atoms with van der Waals surface area (Å²) in [4.78, 5) is 1.85. The van der Waals surface area contributed by atoms with E-state index in [1.165, 1.54) is 16.8 Å². The van der Waals surface area contributed by atoms with Crippen molar-refractivity contribution in [1.82, 2.24) is 25.1 Å². The van der Waals surface area contributed by atoms with Gasteiger partial charge in [0.25, 0.3) is 0 Å². The van der Waals surface area contributed by atoms with Crippen LogP contribution in [0.4, 0.5) is 22.0 Å². The van der Waals surface area contributed by atoms with Gasteiger partial charge in [-0.15, -0.1) is 5.10 Å². The Morgan fingerprint density at radius 2 is 1.69 bits per heavy atom. The van der Waals surface area contributed by atoms with Crippen molar-refractivity contribution in [3.8, 4) is 5.69 Å². The molecule has 10 heteroatoms. The smallest absolute Gasteiger partial charge is 0.303 e. The molecule has 0 aliphatic heterocycles. The summed E-state index contributed by atoms with van der Waals surface area (Å²) in [7, 11) is 0. The number of hydrogen-bond acceptors (Lipinski definition) is 4. The minimum Gasteiger partial charge on any atom is -0.303 e. The predicted molar refractivity (Wildman–Crippen MR) is 85.2 cm³/mol. The monoisotopic (exact) mass is 377 g/mol. The second-order valence-corrected chi connectivity index (χ2v) is 6.06. The third kappa shape index (κ3) is 5.72. The van der Waals surface area contributed by atoms with Crippen LogP contribution in [0.3, 0.4) is 0 Å². The van der Waals surface area contributed by atoms with E-state index in [-0.39, 0.29) is 13.0 Å². The maximum absolute atomic E-state index is 13.0. The zero-order chi connectivity index (χ0) is 19.4. The summed E-state index contributed by atoms with van der Waals surface area (Å²) in [6.07, 6.45) is -4.27. The van der Waals surface area contributed by atoms with Gasteiger partial charge in [-0.3, -0.25) is 0 Å². The molecule has 0 N–H and O–H groups in total. The molecule has 0 aliphatic rings. The number of alkyl halides is 5. The van der Waals surface area contributed by atoms with E-state index in [0.29, 0.717) is 31.0 Å². The van der Waals surface area contributed by atoms with Gasteiger partial charge < -0.3 is 4.90 Å². The predicted octanol–water partition coefficient (Wildman–Crippen LogP) is 3.59. The van der Waals surface area contributed by atoms with Crippen molar-refractivity contribution in [2.45, 2.75) is 38.8 Å². The van der Waals surface area contributed by atoms with Gasteiger partial charge in [-0.05, 0) is 48.2 Å². The second kappa shape index (κ2) is 8.07. The first-order valence-electron chi connectivity index (χ1n) is 8.15. The van der Waals surface area contributed by atoms with Crippen molar-refractivity contribution in [2.75, 3.05) is 19.6 Å². The topological polar surface area (TPSA) is 46.8 Å². The van der Waals surface area contributed by atoms with Gasteiger partial charge in [0.2, 0.25) is 5.92 Å². The Morgan fingerprint density at radius 3 is 2.23 bits per heavy atom. The fraction of sp³-hybridized carbons (Fsp3) is 0.562. The highest BCUT2D eigenvalue weighted by atomic mass is 19.4. The molecule has 0 unspecified atom stereocenters. The lowest BCUT2D eigenvalue weighted by atomic mass is 10.2. The van der Waals surface area contributed by atoms with Gasteiger partial charge in [-0.1, -0.05) is 6.92 Å². The summed E-state index contributed by atoms with van der Waals surface area (Å²) in [5.41, 5.74) is -0.352. The molecule has 0 bridgehead atoms. The largest absolute Gasteiger partial charge is 0.416 e. The van der Waals surface area contributed by atoms with E-state index >= 15 is 0 Å². The number of benzene rings is 1. The van der Waals surface area contributed by atoms with E-state index in [2.05, 4.69) is 15.5 Å². The van der Waals surface area contributed by atoms with Crippen molar-refractivity contribution in [2.24, 2.45) is 0 Å². The van der Waals surface area contributed by atoms with Crippen LogP contribution >= 0.6 is 0 Å². The minimum absolute atomic E-state index is 0.238. The van der Waals surface area contributed by atoms with Gasteiger partial charge in [0, 0.05) is 25.9 Å². The molecule has 0 atom stereocenters. The number of tetrazole rings is 1. The Morgan fingerprint density at radius 1 is 1.04 bits per heavy atom. The van der Waals surface area contributed by atoms with Crippen molar-refractivity contribution in [3.05, 3.63) is 35.7 Å². The highest BCUT2D eigenvalue weighted by Gasteiger charge is 2.30. The first kappa shape index (κ1) is 20.2. The molecule has 0 aliphatic carbocycles. The maximum Gasteiger partial charge on any atom is 0.416 e. The first-order valence-corrected chi connectivity index (χ1v) is 8.15. The van der Waals surface area contributed by atoms with Crippen LogP contribution in [0.1, 0.15) is 31.7 Å². The van der Waals surface area contributed by atoms with Crippen LogP contribution in [0.15, 0.2) is 24.3 Å². The molecule has 1 aromatic heterocycles. The van der Waals surface area contributed by atoms with Crippen molar-refractivity contribution < 1.29 is 22.0 Å². The van der Waals surface area contributed by atoms with Crippen molar-refractivity contribution in [1.29, 1.82) is 0 Å². The molecule has 0 saturated heterocycles. The number of nitrogens with zero attached hydrogens (tertiary/aromatic N) is 5. The van der Waals surface area contributed by atoms with Crippen LogP contribution in [0.25, 0.3) is 5.69 Å². The summed E-state index contributed by atoms with van der Waals surface area (Å²) in [5, 5.41) is 11.2. The molecule has 1 heterocycles. The SMILES string of the molecule is CCN(CCc1nnnn1-c1ccc(C(F)(F)F)cc1)CCC(C)(F)F. The molecule has 0 amide bonds. The van der Waals surface area contributed by atoms with E-state index in [1.54, 1.807) is 0 Å². The summed E-state index contributed by atoms with van der Waals surface area (Å²) in [5.74, 6) is -2.28. The number of aromatic nitrogens is 4. The number of rotatable bonds is 8. The van der Waals surface area contributed by atoms with Gasteiger partial charge in [-0.2, -0.15) is 17.9 Å². The van der Waals surface area contributed by atoms with Crippen LogP contribution < -0.4 is 0 Å². The van der Waals surface area contributed by atoms with Crippen molar-refractivity contribution >= 4 is 0 Å². The molecule has 0 radical (unpaired) electrons. The zero-order valence-electron chi connectivity index (χ0n) is 14.5. The molecule has 144 valence electrons. The average molecular weight is 377 g/mol. The lowest BCUT2D eigenvalue weighted by molar-refractivity contribution is -0.137. The quantitative estimate of drug-likeness (QED) is 0.660. The lowest BCUT2D eigenvalue weighted by Crippen LogP contribution is -2.30. The molecule has 5 nitrogen and oxygen atoms in total. The number of likely N-dealkylation sites (N-methyl/N-ethyl adjacent to an activating group) is 1. The van der Waals surface area contributed by atoms with Crippen LogP contribution in [-0.2, 0) is 12.6 Å². The number of halogens is 5. The molecule has 2 aromatic rings. The normalized spacial score (nSPS) is 12.8. The summed E-state index contributed by atoms with van der Waals surface area (Å²) in [6, 6.07) is 4.50. The van der Waals surface area contributed by atoms with Crippen LogP contribution in [0, 0.1) is 0 Å². The van der Waals surface area contributed by atoms with Crippen LogP contribution in [0.2, 0.25) is 0 Å². The fourth-order valence-corrected chi connectivity index (χ4v) is 2.39. The van der Waals surface area contributed by atoms with E-state index in [4.69, 9.17) is 0 Å². The third-order valence-electron chi connectivity index (χ3n) is 3.94. The zero-order valence-corrected chi connectivity index (χ0v) is 14.5. The minimum atomic E-state index is -4.41. The molecule has 0 spiro atoms. The second-order valence-electron chi connectivity index (χ2n) is 6.06. The standard InChI is InChI=1S/C16H20F5N5/c1-3-25(11-9-15(2,17)18)10-8-14-22-23-24-26(14)13-6-4-12(5-7-13)16(19,20)21/h4-7H,3,8-11H2,1-2H3. The van der Waals surface area contributed by atoms with E-state index in [0.717, 1.165) is 19.1 Å². The lowest BCUT2D eigenvalue weighted by Gasteiger charge is -2.21. The van der Waals surface area contributed by atoms with E-state index < -0.39 is 17.7 Å². The summed E-state index contributed by atoms with van der Waals surface area (Å²) in [6.45, 7) is 4.05. The Kier molecular flexibility index (Phi) is 6.27. The van der Waals surface area contributed by atoms with Gasteiger partial charge in [0.1, 0.15) is 0 Å². The average Bonchev–Trinajstić information content (AvgIpc) is 3.02. The molecule has 2 rings (SSSR count). The van der Waals surface area contributed by atoms with Crippen LogP contribution in [0.5, 0.6) is 0 Å². The highest BCUT2D eigenvalue weighted by molar-refractivity contribution is 5.35. The van der Waals surface area contributed by atoms with Crippen LogP contribution in [-0.4, -0.2) is 50.7 Å². The highest BCUT2D eigenvalue weighted by Crippen LogP contribution is 2.29. The van der Waals surface area contributed by atoms with Crippen molar-refractivity contribution in [3.63, 3.8) is 0 Å².